The van der Waals surface area contributed by atoms with Crippen LogP contribution in [0.5, 0.6) is 0 Å². The van der Waals surface area contributed by atoms with Crippen LogP contribution >= 0.6 is 0 Å². The Balaban J connectivity index is 2.28. The average Bonchev–Trinajstić information content (AvgIpc) is 2.80. The highest BCUT2D eigenvalue weighted by Crippen LogP contribution is 2.17. The molecule has 2 aromatic rings. The third kappa shape index (κ3) is 3.18. The van der Waals surface area contributed by atoms with Gasteiger partial charge in [0, 0.05) is 24.1 Å². The Morgan fingerprint density at radius 1 is 1.39 bits per heavy atom. The molecule has 0 fully saturated rings. The van der Waals surface area contributed by atoms with E-state index >= 15 is 0 Å². The maximum absolute atomic E-state index is 11.2. The van der Waals surface area contributed by atoms with Crippen molar-refractivity contribution in [1.29, 1.82) is 0 Å². The minimum Gasteiger partial charge on any atom is -0.306 e. The smallest absolute Gasteiger partial charge is 0.209 e. The van der Waals surface area contributed by atoms with Gasteiger partial charge in [0.05, 0.1) is 12.6 Å². The summed E-state index contributed by atoms with van der Waals surface area (Å²) in [5, 5.41) is 0. The fraction of sp³-hybridized carbons (Fsp3) is 0.250. The molecule has 1 aromatic heterocycles. The second kappa shape index (κ2) is 4.91. The Morgan fingerprint density at radius 3 is 2.78 bits per heavy atom. The van der Waals surface area contributed by atoms with Crippen molar-refractivity contribution >= 4 is 10.0 Å². The van der Waals surface area contributed by atoms with Gasteiger partial charge in [-0.1, -0.05) is 12.1 Å². The molecule has 1 aromatic carbocycles. The lowest BCUT2D eigenvalue weighted by Gasteiger charge is -2.14. The van der Waals surface area contributed by atoms with Crippen molar-refractivity contribution in [2.24, 2.45) is 0 Å². The number of imidazole rings is 1. The van der Waals surface area contributed by atoms with Crippen molar-refractivity contribution in [1.82, 2.24) is 14.3 Å². The molecule has 0 aliphatic carbocycles. The highest BCUT2D eigenvalue weighted by atomic mass is 32.2. The topological polar surface area (TPSA) is 64.0 Å². The van der Waals surface area contributed by atoms with Gasteiger partial charge in [0.2, 0.25) is 10.0 Å². The number of hydrogen-bond donors (Lipinski definition) is 1. The average molecular weight is 265 g/mol. The third-order valence-electron chi connectivity index (χ3n) is 2.56. The summed E-state index contributed by atoms with van der Waals surface area (Å²) in [6.07, 6.45) is 6.40. The lowest BCUT2D eigenvalue weighted by molar-refractivity contribution is 0.573. The van der Waals surface area contributed by atoms with Gasteiger partial charge in [0.25, 0.3) is 0 Å². The van der Waals surface area contributed by atoms with Crippen LogP contribution in [0, 0.1) is 0 Å². The van der Waals surface area contributed by atoms with E-state index in [4.69, 9.17) is 0 Å². The lowest BCUT2D eigenvalue weighted by Crippen LogP contribution is -2.25. The quantitative estimate of drug-likeness (QED) is 0.910. The second-order valence-electron chi connectivity index (χ2n) is 4.18. The summed E-state index contributed by atoms with van der Waals surface area (Å²) in [5.74, 6) is 0. The molecule has 0 amide bonds. The minimum atomic E-state index is -3.21. The summed E-state index contributed by atoms with van der Waals surface area (Å²) >= 11 is 0. The summed E-state index contributed by atoms with van der Waals surface area (Å²) < 4.78 is 26.8. The number of rotatable bonds is 4. The van der Waals surface area contributed by atoms with E-state index in [1.54, 1.807) is 12.5 Å². The highest BCUT2D eigenvalue weighted by Gasteiger charge is 2.11. The van der Waals surface area contributed by atoms with Crippen LogP contribution in [0.15, 0.2) is 43.0 Å². The molecule has 96 valence electrons. The SMILES string of the molecule is CC(NS(C)(=O)=O)c1cccc(-n2ccnc2)c1. The molecule has 1 unspecified atom stereocenters. The Labute approximate surface area is 107 Å². The van der Waals surface area contributed by atoms with Crippen molar-refractivity contribution < 1.29 is 8.42 Å². The Bertz CT molecular complexity index is 621. The van der Waals surface area contributed by atoms with Gasteiger partial charge in [0.15, 0.2) is 0 Å². The van der Waals surface area contributed by atoms with Crippen molar-refractivity contribution in [2.75, 3.05) is 6.26 Å². The first-order valence-electron chi connectivity index (χ1n) is 5.51. The summed E-state index contributed by atoms with van der Waals surface area (Å²) in [6, 6.07) is 7.40. The van der Waals surface area contributed by atoms with Gasteiger partial charge >= 0.3 is 0 Å². The van der Waals surface area contributed by atoms with Crippen molar-refractivity contribution in [3.05, 3.63) is 48.5 Å². The Hall–Kier alpha value is -1.66. The van der Waals surface area contributed by atoms with E-state index in [-0.39, 0.29) is 6.04 Å². The highest BCUT2D eigenvalue weighted by molar-refractivity contribution is 7.88. The Kier molecular flexibility index (Phi) is 3.49. The molecular formula is C12H15N3O2S. The van der Waals surface area contributed by atoms with Crippen LogP contribution in [0.2, 0.25) is 0 Å². The van der Waals surface area contributed by atoms with Crippen molar-refractivity contribution in [3.8, 4) is 5.69 Å². The summed E-state index contributed by atoms with van der Waals surface area (Å²) in [5.41, 5.74) is 1.86. The third-order valence-corrected chi connectivity index (χ3v) is 3.35. The van der Waals surface area contributed by atoms with Crippen LogP contribution in [-0.2, 0) is 10.0 Å². The van der Waals surface area contributed by atoms with E-state index in [9.17, 15) is 8.42 Å². The van der Waals surface area contributed by atoms with Gasteiger partial charge in [-0.25, -0.2) is 18.1 Å². The molecule has 0 bridgehead atoms. The van der Waals surface area contributed by atoms with E-state index in [1.807, 2.05) is 42.0 Å². The zero-order valence-electron chi connectivity index (χ0n) is 10.2. The van der Waals surface area contributed by atoms with Crippen molar-refractivity contribution in [2.45, 2.75) is 13.0 Å². The number of nitrogens with one attached hydrogen (secondary N) is 1. The first-order valence-corrected chi connectivity index (χ1v) is 7.40. The first-order chi connectivity index (χ1) is 8.46. The lowest BCUT2D eigenvalue weighted by atomic mass is 10.1. The van der Waals surface area contributed by atoms with Gasteiger partial charge in [-0.15, -0.1) is 0 Å². The molecule has 0 aliphatic rings. The molecule has 0 saturated carbocycles. The molecule has 0 saturated heterocycles. The normalized spacial score (nSPS) is 13.4. The van der Waals surface area contributed by atoms with E-state index < -0.39 is 10.0 Å². The standard InChI is InChI=1S/C12H15N3O2S/c1-10(14-18(2,16)17)11-4-3-5-12(8-11)15-7-6-13-9-15/h3-10,14H,1-2H3. The second-order valence-corrected chi connectivity index (χ2v) is 5.96. The molecule has 0 aliphatic heterocycles. The zero-order valence-corrected chi connectivity index (χ0v) is 11.1. The molecule has 1 heterocycles. The van der Waals surface area contributed by atoms with Crippen LogP contribution in [0.4, 0.5) is 0 Å². The van der Waals surface area contributed by atoms with Crippen LogP contribution in [-0.4, -0.2) is 24.2 Å². The minimum absolute atomic E-state index is 0.261. The molecule has 6 heteroatoms. The molecule has 0 spiro atoms. The monoisotopic (exact) mass is 265 g/mol. The fourth-order valence-electron chi connectivity index (χ4n) is 1.76. The van der Waals surface area contributed by atoms with Crippen LogP contribution in [0.3, 0.4) is 0 Å². The molecule has 2 rings (SSSR count). The molecular weight excluding hydrogens is 250 g/mol. The fourth-order valence-corrected chi connectivity index (χ4v) is 2.53. The zero-order chi connectivity index (χ0) is 13.2. The van der Waals surface area contributed by atoms with Gasteiger partial charge in [-0.2, -0.15) is 0 Å². The van der Waals surface area contributed by atoms with Crippen molar-refractivity contribution in [3.63, 3.8) is 0 Å². The first kappa shape index (κ1) is 12.8. The Morgan fingerprint density at radius 2 is 2.17 bits per heavy atom. The number of nitrogens with zero attached hydrogens (tertiary/aromatic N) is 2. The van der Waals surface area contributed by atoms with Crippen LogP contribution in [0.1, 0.15) is 18.5 Å². The van der Waals surface area contributed by atoms with Gasteiger partial charge in [-0.3, -0.25) is 0 Å². The van der Waals surface area contributed by atoms with Gasteiger partial charge < -0.3 is 4.57 Å². The number of aromatic nitrogens is 2. The van der Waals surface area contributed by atoms with Crippen LogP contribution < -0.4 is 4.72 Å². The maximum atomic E-state index is 11.2. The molecule has 18 heavy (non-hydrogen) atoms. The number of sulfonamides is 1. The predicted molar refractivity (Wildman–Crippen MR) is 70.0 cm³/mol. The van der Waals surface area contributed by atoms with E-state index in [0.29, 0.717) is 0 Å². The van der Waals surface area contributed by atoms with E-state index in [0.717, 1.165) is 17.5 Å². The van der Waals surface area contributed by atoms with Gasteiger partial charge in [0.1, 0.15) is 0 Å². The summed E-state index contributed by atoms with van der Waals surface area (Å²) in [6.45, 7) is 1.81. The van der Waals surface area contributed by atoms with E-state index in [2.05, 4.69) is 9.71 Å². The summed E-state index contributed by atoms with van der Waals surface area (Å²) in [4.78, 5) is 3.98. The molecule has 1 N–H and O–H groups in total. The molecule has 0 radical (unpaired) electrons. The largest absolute Gasteiger partial charge is 0.306 e. The summed E-state index contributed by atoms with van der Waals surface area (Å²) in [7, 11) is -3.21. The maximum Gasteiger partial charge on any atom is 0.209 e. The number of hydrogen-bond acceptors (Lipinski definition) is 3. The van der Waals surface area contributed by atoms with E-state index in [1.165, 1.54) is 0 Å². The predicted octanol–water partition coefficient (Wildman–Crippen LogP) is 1.48. The molecule has 5 nitrogen and oxygen atoms in total. The van der Waals surface area contributed by atoms with Crippen LogP contribution in [0.25, 0.3) is 5.69 Å². The molecule has 1 atom stereocenters. The number of benzene rings is 1. The van der Waals surface area contributed by atoms with Gasteiger partial charge in [-0.05, 0) is 24.6 Å².